The molecule has 6 nitrogen and oxygen atoms in total. The number of anilines is 2. The van der Waals surface area contributed by atoms with E-state index in [4.69, 9.17) is 10.2 Å². The van der Waals surface area contributed by atoms with Crippen molar-refractivity contribution >= 4 is 22.2 Å². The van der Waals surface area contributed by atoms with Crippen LogP contribution in [0, 0.1) is 11.3 Å². The lowest BCUT2D eigenvalue weighted by atomic mass is 9.95. The molecule has 0 radical (unpaired) electrons. The van der Waals surface area contributed by atoms with Gasteiger partial charge in [-0.3, -0.25) is 9.88 Å². The molecule has 3 aromatic heterocycles. The maximum atomic E-state index is 8.83. The average Bonchev–Trinajstić information content (AvgIpc) is 3.18. The number of pyridine rings is 2. The van der Waals surface area contributed by atoms with Crippen molar-refractivity contribution < 1.29 is 0 Å². The maximum absolute atomic E-state index is 8.83. The van der Waals surface area contributed by atoms with Crippen LogP contribution in [0.15, 0.2) is 48.2 Å². The van der Waals surface area contributed by atoms with Gasteiger partial charge >= 0.3 is 0 Å². The summed E-state index contributed by atoms with van der Waals surface area (Å²) in [6.07, 6.45) is 7.74. The predicted octanol–water partition coefficient (Wildman–Crippen LogP) is 3.93. The van der Waals surface area contributed by atoms with Crippen molar-refractivity contribution in [3.63, 3.8) is 0 Å². The van der Waals surface area contributed by atoms with Gasteiger partial charge < -0.3 is 5.32 Å². The Morgan fingerprint density at radius 3 is 2.93 bits per heavy atom. The summed E-state index contributed by atoms with van der Waals surface area (Å²) in [5, 5.41) is 15.1. The summed E-state index contributed by atoms with van der Waals surface area (Å²) in [7, 11) is 0. The van der Waals surface area contributed by atoms with Gasteiger partial charge in [-0.2, -0.15) is 5.26 Å². The second-order valence-electron chi connectivity index (χ2n) is 6.68. The molecule has 27 heavy (non-hydrogen) atoms. The van der Waals surface area contributed by atoms with E-state index >= 15 is 0 Å². The van der Waals surface area contributed by atoms with Gasteiger partial charge in [-0.25, -0.2) is 9.97 Å². The van der Waals surface area contributed by atoms with Crippen LogP contribution in [0.2, 0.25) is 0 Å². The highest BCUT2D eigenvalue weighted by Gasteiger charge is 2.23. The fourth-order valence-electron chi connectivity index (χ4n) is 3.38. The Labute approximate surface area is 162 Å². The quantitative estimate of drug-likeness (QED) is 0.727. The van der Waals surface area contributed by atoms with E-state index in [1.165, 1.54) is 18.4 Å². The molecule has 0 aromatic carbocycles. The molecule has 0 aliphatic carbocycles. The Bertz CT molecular complexity index is 916. The molecule has 3 aromatic rings. The molecule has 0 bridgehead atoms. The lowest BCUT2D eigenvalue weighted by Crippen LogP contribution is -2.34. The lowest BCUT2D eigenvalue weighted by Gasteiger charge is -2.32. The number of hydrogen-bond acceptors (Lipinski definition) is 7. The minimum atomic E-state index is 0.414. The second-order valence-corrected chi connectivity index (χ2v) is 7.53. The molecule has 136 valence electrons. The van der Waals surface area contributed by atoms with Crippen molar-refractivity contribution in [2.75, 3.05) is 18.4 Å². The molecule has 1 fully saturated rings. The Hall–Kier alpha value is -2.82. The minimum Gasteiger partial charge on any atom is -0.330 e. The van der Waals surface area contributed by atoms with E-state index in [1.54, 1.807) is 23.6 Å². The minimum absolute atomic E-state index is 0.414. The summed E-state index contributed by atoms with van der Waals surface area (Å²) in [6, 6.07) is 9.75. The zero-order chi connectivity index (χ0) is 18.5. The largest absolute Gasteiger partial charge is 0.330 e. The second kappa shape index (κ2) is 8.25. The molecule has 7 heteroatoms. The van der Waals surface area contributed by atoms with Crippen LogP contribution in [0.4, 0.5) is 10.8 Å². The number of piperidine rings is 1. The van der Waals surface area contributed by atoms with Crippen molar-refractivity contribution in [1.82, 2.24) is 19.9 Å². The first-order chi connectivity index (χ1) is 13.3. The van der Waals surface area contributed by atoms with Crippen LogP contribution >= 0.6 is 11.3 Å². The Morgan fingerprint density at radius 1 is 1.26 bits per heavy atom. The zero-order valence-electron chi connectivity index (χ0n) is 14.9. The van der Waals surface area contributed by atoms with Gasteiger partial charge in [-0.05, 0) is 49.2 Å². The summed E-state index contributed by atoms with van der Waals surface area (Å²) < 4.78 is 0. The average molecular weight is 376 g/mol. The fourth-order valence-corrected chi connectivity index (χ4v) is 4.19. The van der Waals surface area contributed by atoms with Gasteiger partial charge in [0, 0.05) is 36.8 Å². The predicted molar refractivity (Wildman–Crippen MR) is 106 cm³/mol. The number of aromatic nitrogens is 3. The highest BCUT2D eigenvalue weighted by Crippen LogP contribution is 2.31. The highest BCUT2D eigenvalue weighted by atomic mass is 32.1. The summed E-state index contributed by atoms with van der Waals surface area (Å²) >= 11 is 1.61. The molecule has 0 spiro atoms. The highest BCUT2D eigenvalue weighted by molar-refractivity contribution is 7.13. The number of nitrogens with one attached hydrogen (secondary N) is 1. The Balaban J connectivity index is 1.39. The van der Waals surface area contributed by atoms with E-state index in [1.807, 2.05) is 24.5 Å². The van der Waals surface area contributed by atoms with Gasteiger partial charge in [0.25, 0.3) is 0 Å². The molecule has 1 atom stereocenters. The van der Waals surface area contributed by atoms with Crippen molar-refractivity contribution in [3.05, 3.63) is 65.2 Å². The number of thiazole rings is 1. The van der Waals surface area contributed by atoms with Crippen LogP contribution in [0.25, 0.3) is 0 Å². The van der Waals surface area contributed by atoms with Crippen LogP contribution in [0.5, 0.6) is 0 Å². The third-order valence-corrected chi connectivity index (χ3v) is 5.51. The molecule has 0 unspecified atom stereocenters. The summed E-state index contributed by atoms with van der Waals surface area (Å²) in [4.78, 5) is 15.5. The van der Waals surface area contributed by atoms with Crippen LogP contribution in [0.1, 0.15) is 35.7 Å². The molecule has 0 amide bonds. The van der Waals surface area contributed by atoms with Gasteiger partial charge in [0.1, 0.15) is 11.8 Å². The van der Waals surface area contributed by atoms with E-state index in [-0.39, 0.29) is 0 Å². The van der Waals surface area contributed by atoms with Crippen molar-refractivity contribution in [1.29, 1.82) is 5.26 Å². The van der Waals surface area contributed by atoms with Crippen LogP contribution in [-0.2, 0) is 6.54 Å². The number of nitrogens with zero attached hydrogens (tertiary/aromatic N) is 5. The first-order valence-corrected chi connectivity index (χ1v) is 9.88. The molecule has 4 heterocycles. The fraction of sp³-hybridized carbons (Fsp3) is 0.300. The van der Waals surface area contributed by atoms with E-state index in [9.17, 15) is 0 Å². The van der Waals surface area contributed by atoms with Crippen molar-refractivity contribution in [2.24, 2.45) is 0 Å². The van der Waals surface area contributed by atoms with Gasteiger partial charge in [0.15, 0.2) is 5.13 Å². The maximum Gasteiger partial charge on any atom is 0.187 e. The van der Waals surface area contributed by atoms with Gasteiger partial charge in [0.05, 0.1) is 17.6 Å². The van der Waals surface area contributed by atoms with Gasteiger partial charge in [-0.15, -0.1) is 11.3 Å². The van der Waals surface area contributed by atoms with Crippen LogP contribution in [0.3, 0.4) is 0 Å². The van der Waals surface area contributed by atoms with Gasteiger partial charge in [-0.1, -0.05) is 0 Å². The van der Waals surface area contributed by atoms with E-state index in [0.717, 1.165) is 36.1 Å². The number of likely N-dealkylation sites (tertiary alicyclic amines) is 1. The van der Waals surface area contributed by atoms with E-state index in [2.05, 4.69) is 37.7 Å². The SMILES string of the molecule is N#Cc1ccc(Nc2nc([C@H]3CCCN(Cc4ccncc4)C3)cs2)cn1. The summed E-state index contributed by atoms with van der Waals surface area (Å²) in [5.74, 6) is 0.464. The van der Waals surface area contributed by atoms with Crippen molar-refractivity contribution in [3.8, 4) is 6.07 Å². The summed E-state index contributed by atoms with van der Waals surface area (Å²) in [5.41, 5.74) is 3.72. The Kier molecular flexibility index (Phi) is 5.37. The normalized spacial score (nSPS) is 17.4. The molecule has 1 N–H and O–H groups in total. The number of rotatable bonds is 5. The molecular weight excluding hydrogens is 356 g/mol. The summed E-state index contributed by atoms with van der Waals surface area (Å²) in [6.45, 7) is 3.13. The molecule has 4 rings (SSSR count). The van der Waals surface area contributed by atoms with Gasteiger partial charge in [0.2, 0.25) is 0 Å². The molecule has 1 aliphatic heterocycles. The third kappa shape index (κ3) is 4.48. The smallest absolute Gasteiger partial charge is 0.187 e. The van der Waals surface area contributed by atoms with Crippen LogP contribution in [-0.4, -0.2) is 32.9 Å². The first-order valence-electron chi connectivity index (χ1n) is 9.00. The molecule has 1 saturated heterocycles. The van der Waals surface area contributed by atoms with E-state index in [0.29, 0.717) is 11.6 Å². The standard InChI is InChI=1S/C20H20N6S/c21-10-17-3-4-18(11-23-17)24-20-25-19(14-27-20)16-2-1-9-26(13-16)12-15-5-7-22-8-6-15/h3-8,11,14,16H,1-2,9,12-13H2,(H,24,25)/t16-/m0/s1. The molecule has 0 saturated carbocycles. The number of hydrogen-bond donors (Lipinski definition) is 1. The topological polar surface area (TPSA) is 77.7 Å². The van der Waals surface area contributed by atoms with Crippen LogP contribution < -0.4 is 5.32 Å². The molecule has 1 aliphatic rings. The lowest BCUT2D eigenvalue weighted by molar-refractivity contribution is 0.199. The van der Waals surface area contributed by atoms with Crippen molar-refractivity contribution in [2.45, 2.75) is 25.3 Å². The monoisotopic (exact) mass is 376 g/mol. The number of nitriles is 1. The van der Waals surface area contributed by atoms with E-state index < -0.39 is 0 Å². The first kappa shape index (κ1) is 17.6. The molecular formula is C20H20N6S. The third-order valence-electron chi connectivity index (χ3n) is 4.73. The zero-order valence-corrected chi connectivity index (χ0v) is 15.7. The Morgan fingerprint density at radius 2 is 2.15 bits per heavy atom.